The van der Waals surface area contributed by atoms with Crippen LogP contribution in [0.5, 0.6) is 11.5 Å². The van der Waals surface area contributed by atoms with Gasteiger partial charge in [0, 0.05) is 42.4 Å². The zero-order chi connectivity index (χ0) is 41.5. The Labute approximate surface area is 368 Å². The highest BCUT2D eigenvalue weighted by Gasteiger charge is 2.51. The van der Waals surface area contributed by atoms with E-state index in [0.717, 1.165) is 66.3 Å². The molecule has 0 bridgehead atoms. The summed E-state index contributed by atoms with van der Waals surface area (Å²) in [5, 5.41) is 2.41. The first-order valence-corrected chi connectivity index (χ1v) is 22.1. The van der Waals surface area contributed by atoms with Crippen molar-refractivity contribution < 1.29 is 4.74 Å². The number of hydrogen-bond acceptors (Lipinski definition) is 5. The lowest BCUT2D eigenvalue weighted by Gasteiger charge is -2.39. The van der Waals surface area contributed by atoms with Gasteiger partial charge in [0.25, 0.3) is 0 Å². The lowest BCUT2D eigenvalue weighted by Crippen LogP contribution is -2.32. The third kappa shape index (κ3) is 5.37. The van der Waals surface area contributed by atoms with Crippen molar-refractivity contribution in [2.75, 3.05) is 0 Å². The molecule has 2 aromatic heterocycles. The van der Waals surface area contributed by atoms with Crippen LogP contribution in [0.3, 0.4) is 0 Å². The Bertz CT molecular complexity index is 3570. The Morgan fingerprint density at radius 2 is 0.889 bits per heavy atom. The molecule has 11 aromatic rings. The van der Waals surface area contributed by atoms with Crippen LogP contribution in [0.25, 0.3) is 87.7 Å². The summed E-state index contributed by atoms with van der Waals surface area (Å²) in [6.07, 6.45) is 0. The molecule has 1 aliphatic heterocycles. The summed E-state index contributed by atoms with van der Waals surface area (Å²) in [4.78, 5) is 16.4. The fourth-order valence-corrected chi connectivity index (χ4v) is 11.3. The van der Waals surface area contributed by atoms with E-state index in [0.29, 0.717) is 17.5 Å². The van der Waals surface area contributed by atoms with E-state index >= 15 is 0 Å². The number of fused-ring (bicyclic) bond motifs is 12. The Hall–Kier alpha value is -7.99. The summed E-state index contributed by atoms with van der Waals surface area (Å²) in [5.74, 6) is 3.31. The normalized spacial score (nSPS) is 13.0. The van der Waals surface area contributed by atoms with Gasteiger partial charge in [0.15, 0.2) is 17.5 Å². The molecule has 0 radical (unpaired) electrons. The van der Waals surface area contributed by atoms with Crippen molar-refractivity contribution in [3.05, 3.63) is 235 Å². The van der Waals surface area contributed by atoms with Gasteiger partial charge in [-0.3, -0.25) is 0 Å². The second-order valence-electron chi connectivity index (χ2n) is 16.2. The highest BCUT2D eigenvalue weighted by molar-refractivity contribution is 7.26. The second-order valence-corrected chi connectivity index (χ2v) is 17.3. The van der Waals surface area contributed by atoms with Crippen LogP contribution in [0.15, 0.2) is 212 Å². The lowest BCUT2D eigenvalue weighted by atomic mass is 9.66. The van der Waals surface area contributed by atoms with Crippen LogP contribution in [-0.2, 0) is 5.41 Å². The molecule has 294 valence electrons. The summed E-state index contributed by atoms with van der Waals surface area (Å²) >= 11 is 1.78. The Kier molecular flexibility index (Phi) is 7.96. The van der Waals surface area contributed by atoms with Crippen LogP contribution in [0.2, 0.25) is 0 Å². The zero-order valence-electron chi connectivity index (χ0n) is 33.9. The van der Waals surface area contributed by atoms with Gasteiger partial charge in [-0.2, -0.15) is 0 Å². The average Bonchev–Trinajstić information content (AvgIpc) is 3.88. The maximum absolute atomic E-state index is 7.14. The molecule has 0 saturated carbocycles. The number of benzene rings is 9. The van der Waals surface area contributed by atoms with Gasteiger partial charge < -0.3 is 4.74 Å². The summed E-state index contributed by atoms with van der Waals surface area (Å²) in [6, 6.07) is 75.3. The van der Waals surface area contributed by atoms with E-state index in [4.69, 9.17) is 19.7 Å². The zero-order valence-corrected chi connectivity index (χ0v) is 34.7. The molecule has 0 unspecified atom stereocenters. The van der Waals surface area contributed by atoms with Gasteiger partial charge >= 0.3 is 0 Å². The van der Waals surface area contributed by atoms with Gasteiger partial charge in [-0.05, 0) is 80.9 Å². The Morgan fingerprint density at radius 3 is 1.65 bits per heavy atom. The van der Waals surface area contributed by atoms with E-state index in [2.05, 4.69) is 212 Å². The maximum Gasteiger partial charge on any atom is 0.167 e. The molecule has 0 saturated heterocycles. The first kappa shape index (κ1) is 35.7. The molecule has 13 rings (SSSR count). The van der Waals surface area contributed by atoms with Crippen LogP contribution in [-0.4, -0.2) is 15.0 Å². The van der Waals surface area contributed by atoms with Crippen molar-refractivity contribution in [3.8, 4) is 79.0 Å². The molecule has 0 amide bonds. The van der Waals surface area contributed by atoms with Crippen molar-refractivity contribution in [1.82, 2.24) is 15.0 Å². The van der Waals surface area contributed by atoms with Crippen LogP contribution in [0.4, 0.5) is 0 Å². The van der Waals surface area contributed by atoms with E-state index in [1.807, 2.05) is 0 Å². The van der Waals surface area contributed by atoms with Crippen LogP contribution < -0.4 is 4.74 Å². The van der Waals surface area contributed by atoms with Crippen molar-refractivity contribution in [2.45, 2.75) is 5.41 Å². The summed E-state index contributed by atoms with van der Waals surface area (Å²) in [7, 11) is 0. The van der Waals surface area contributed by atoms with E-state index in [1.165, 1.54) is 37.7 Å². The molecule has 0 N–H and O–H groups in total. The number of rotatable bonds is 5. The predicted molar refractivity (Wildman–Crippen MR) is 257 cm³/mol. The highest BCUT2D eigenvalue weighted by atomic mass is 32.1. The number of aromatic nitrogens is 3. The molecule has 4 nitrogen and oxygen atoms in total. The molecule has 63 heavy (non-hydrogen) atoms. The van der Waals surface area contributed by atoms with E-state index in [9.17, 15) is 0 Å². The van der Waals surface area contributed by atoms with Crippen LogP contribution in [0.1, 0.15) is 22.3 Å². The van der Waals surface area contributed by atoms with Gasteiger partial charge in [0.1, 0.15) is 11.5 Å². The minimum Gasteiger partial charge on any atom is -0.456 e. The number of ether oxygens (including phenoxy) is 1. The fraction of sp³-hybridized carbons (Fsp3) is 0.0172. The van der Waals surface area contributed by atoms with Gasteiger partial charge in [-0.1, -0.05) is 176 Å². The van der Waals surface area contributed by atoms with Gasteiger partial charge in [0.2, 0.25) is 0 Å². The smallest absolute Gasteiger partial charge is 0.167 e. The number of nitrogens with zero attached hydrogens (tertiary/aromatic N) is 3. The minimum absolute atomic E-state index is 0.546. The minimum atomic E-state index is -0.623. The first-order chi connectivity index (χ1) is 31.2. The quantitative estimate of drug-likeness (QED) is 0.173. The molecule has 3 heterocycles. The summed E-state index contributed by atoms with van der Waals surface area (Å²) in [5.41, 5.74) is 13.6. The monoisotopic (exact) mass is 821 g/mol. The molecule has 2 aliphatic rings. The molecule has 1 spiro atoms. The number of para-hydroxylation sites is 2. The molecule has 5 heteroatoms. The lowest BCUT2D eigenvalue weighted by molar-refractivity contribution is 0.437. The topological polar surface area (TPSA) is 47.9 Å². The fourth-order valence-electron chi connectivity index (χ4n) is 10.1. The third-order valence-corrected chi connectivity index (χ3v) is 14.1. The molecule has 1 aliphatic carbocycles. The third-order valence-electron chi connectivity index (χ3n) is 12.8. The van der Waals surface area contributed by atoms with E-state index in [1.54, 1.807) is 11.3 Å². The van der Waals surface area contributed by atoms with Crippen molar-refractivity contribution in [2.24, 2.45) is 0 Å². The molecule has 0 fully saturated rings. The van der Waals surface area contributed by atoms with Crippen molar-refractivity contribution >= 4 is 31.5 Å². The SMILES string of the molecule is c1ccc(-c2ccc(-c3nc(-c4cccc5c4Oc4ccccc4C54c5ccccc5-c5ccccc54)nc(-c4cccc5c4sc4ccccc45)n3)c(-c3ccccc3)c2)cc1. The van der Waals surface area contributed by atoms with Crippen LogP contribution >= 0.6 is 11.3 Å². The number of hydrogen-bond donors (Lipinski definition) is 0. The summed E-state index contributed by atoms with van der Waals surface area (Å²) < 4.78 is 9.51. The molecular formula is C58H35N3OS. The molecule has 0 atom stereocenters. The predicted octanol–water partition coefficient (Wildman–Crippen LogP) is 15.0. The van der Waals surface area contributed by atoms with Crippen molar-refractivity contribution in [1.29, 1.82) is 0 Å². The second kappa shape index (κ2) is 14.0. The first-order valence-electron chi connectivity index (χ1n) is 21.3. The van der Waals surface area contributed by atoms with Gasteiger partial charge in [-0.15, -0.1) is 11.3 Å². The Balaban J connectivity index is 1.10. The Morgan fingerprint density at radius 1 is 0.349 bits per heavy atom. The van der Waals surface area contributed by atoms with Crippen molar-refractivity contribution in [3.63, 3.8) is 0 Å². The largest absolute Gasteiger partial charge is 0.456 e. The molecular weight excluding hydrogens is 787 g/mol. The van der Waals surface area contributed by atoms with E-state index in [-0.39, 0.29) is 0 Å². The van der Waals surface area contributed by atoms with E-state index < -0.39 is 5.41 Å². The highest BCUT2D eigenvalue weighted by Crippen LogP contribution is 2.63. The van der Waals surface area contributed by atoms with Gasteiger partial charge in [0.05, 0.1) is 11.0 Å². The van der Waals surface area contributed by atoms with Crippen LogP contribution in [0, 0.1) is 0 Å². The average molecular weight is 822 g/mol. The number of thiophene rings is 1. The standard InChI is InChI=1S/C58H35N3OS/c1-3-17-36(18-4-1)38-33-34-43(46(35-38)37-19-5-2-6-20-37)55-59-56(61-57(60-55)45-26-15-24-42-41-23-9-14-32-52(41)63-54(42)45)44-25-16-30-50-53(44)62-51-31-13-12-29-49(51)58(50)47-27-10-7-21-39(47)40-22-8-11-28-48(40)58/h1-35H. The maximum atomic E-state index is 7.14. The molecule has 9 aromatic carbocycles. The van der Waals surface area contributed by atoms with Gasteiger partial charge in [-0.25, -0.2) is 15.0 Å². The summed E-state index contributed by atoms with van der Waals surface area (Å²) in [6.45, 7) is 0.